The molecule has 0 unspecified atom stereocenters. The minimum atomic E-state index is -1.28. The van der Waals surface area contributed by atoms with Gasteiger partial charge in [0, 0.05) is 25.2 Å². The lowest BCUT2D eigenvalue weighted by Crippen LogP contribution is -2.13. The number of carbonyl (C=O) groups is 1. The molecular formula is C12H11NO4. The summed E-state index contributed by atoms with van der Waals surface area (Å²) in [5, 5.41) is 9.42. The maximum atomic E-state index is 11.3. The van der Waals surface area contributed by atoms with Gasteiger partial charge in [-0.25, -0.2) is 9.59 Å². The highest BCUT2D eigenvalue weighted by Crippen LogP contribution is 2.20. The van der Waals surface area contributed by atoms with E-state index in [1.54, 1.807) is 18.2 Å². The summed E-state index contributed by atoms with van der Waals surface area (Å²) in [7, 11) is 3.75. The molecular weight excluding hydrogens is 222 g/mol. The highest BCUT2D eigenvalue weighted by molar-refractivity contribution is 5.92. The third-order valence-electron chi connectivity index (χ3n) is 2.46. The fraction of sp³-hybridized carbons (Fsp3) is 0.167. The number of carboxylic acid groups (broad SMARTS) is 1. The molecule has 17 heavy (non-hydrogen) atoms. The van der Waals surface area contributed by atoms with Gasteiger partial charge in [-0.05, 0) is 24.3 Å². The second-order valence-electron chi connectivity index (χ2n) is 3.87. The van der Waals surface area contributed by atoms with E-state index in [-0.39, 0.29) is 5.56 Å². The van der Waals surface area contributed by atoms with Gasteiger partial charge in [-0.2, -0.15) is 0 Å². The molecule has 0 aliphatic carbocycles. The van der Waals surface area contributed by atoms with Gasteiger partial charge in [0.05, 0.1) is 0 Å². The number of carboxylic acids is 1. The van der Waals surface area contributed by atoms with Crippen LogP contribution < -0.4 is 10.5 Å². The van der Waals surface area contributed by atoms with Crippen LogP contribution in [0.3, 0.4) is 0 Å². The van der Waals surface area contributed by atoms with Crippen molar-refractivity contribution in [2.24, 2.45) is 0 Å². The first kappa shape index (κ1) is 11.2. The molecule has 5 nitrogen and oxygen atoms in total. The van der Waals surface area contributed by atoms with E-state index in [0.29, 0.717) is 11.0 Å². The summed E-state index contributed by atoms with van der Waals surface area (Å²) >= 11 is 0. The lowest BCUT2D eigenvalue weighted by Gasteiger charge is -2.12. The Morgan fingerprint density at radius 2 is 2.00 bits per heavy atom. The summed E-state index contributed by atoms with van der Waals surface area (Å²) in [6.07, 6.45) is 0. The van der Waals surface area contributed by atoms with Crippen molar-refractivity contribution in [3.05, 3.63) is 40.2 Å². The zero-order valence-corrected chi connectivity index (χ0v) is 9.43. The van der Waals surface area contributed by atoms with Crippen molar-refractivity contribution in [2.75, 3.05) is 19.0 Å². The molecule has 0 saturated heterocycles. The van der Waals surface area contributed by atoms with Gasteiger partial charge in [-0.15, -0.1) is 0 Å². The predicted molar refractivity (Wildman–Crippen MR) is 63.8 cm³/mol. The van der Waals surface area contributed by atoms with Crippen molar-refractivity contribution < 1.29 is 14.3 Å². The zero-order chi connectivity index (χ0) is 12.6. The van der Waals surface area contributed by atoms with Gasteiger partial charge in [-0.1, -0.05) is 0 Å². The summed E-state index contributed by atoms with van der Waals surface area (Å²) < 4.78 is 4.93. The molecule has 1 aromatic heterocycles. The molecule has 0 atom stereocenters. The first-order chi connectivity index (χ1) is 7.99. The topological polar surface area (TPSA) is 70.8 Å². The van der Waals surface area contributed by atoms with Gasteiger partial charge < -0.3 is 14.4 Å². The first-order valence-corrected chi connectivity index (χ1v) is 4.97. The average molecular weight is 233 g/mol. The Bertz CT molecular complexity index is 642. The fourth-order valence-electron chi connectivity index (χ4n) is 1.54. The third-order valence-corrected chi connectivity index (χ3v) is 2.46. The van der Waals surface area contributed by atoms with Crippen LogP contribution in [-0.4, -0.2) is 25.2 Å². The van der Waals surface area contributed by atoms with Crippen LogP contribution in [-0.2, 0) is 0 Å². The highest BCUT2D eigenvalue weighted by atomic mass is 16.4. The summed E-state index contributed by atoms with van der Waals surface area (Å²) in [4.78, 5) is 24.0. The molecule has 0 fully saturated rings. The number of anilines is 1. The van der Waals surface area contributed by atoms with Crippen LogP contribution in [0.1, 0.15) is 10.4 Å². The molecule has 0 bridgehead atoms. The number of benzene rings is 1. The third kappa shape index (κ3) is 1.99. The van der Waals surface area contributed by atoms with E-state index >= 15 is 0 Å². The minimum Gasteiger partial charge on any atom is -0.477 e. The summed E-state index contributed by atoms with van der Waals surface area (Å²) in [5.74, 6) is -1.28. The van der Waals surface area contributed by atoms with Crippen molar-refractivity contribution in [3.63, 3.8) is 0 Å². The maximum Gasteiger partial charge on any atom is 0.351 e. The molecule has 5 heteroatoms. The molecule has 88 valence electrons. The van der Waals surface area contributed by atoms with E-state index in [2.05, 4.69) is 0 Å². The van der Waals surface area contributed by atoms with Gasteiger partial charge in [0.25, 0.3) is 0 Å². The number of nitrogens with zero attached hydrogens (tertiary/aromatic N) is 1. The van der Waals surface area contributed by atoms with Crippen molar-refractivity contribution >= 4 is 22.6 Å². The average Bonchev–Trinajstić information content (AvgIpc) is 2.27. The molecule has 1 heterocycles. The van der Waals surface area contributed by atoms with E-state index in [9.17, 15) is 9.59 Å². The van der Waals surface area contributed by atoms with Crippen LogP contribution in [0.5, 0.6) is 0 Å². The number of hydrogen-bond acceptors (Lipinski definition) is 4. The van der Waals surface area contributed by atoms with Crippen LogP contribution in [0.15, 0.2) is 33.5 Å². The van der Waals surface area contributed by atoms with Crippen LogP contribution in [0.4, 0.5) is 5.69 Å². The van der Waals surface area contributed by atoms with Gasteiger partial charge in [0.15, 0.2) is 0 Å². The molecule has 0 amide bonds. The lowest BCUT2D eigenvalue weighted by atomic mass is 10.1. The molecule has 0 aliphatic rings. The van der Waals surface area contributed by atoms with E-state index in [1.807, 2.05) is 19.0 Å². The second-order valence-corrected chi connectivity index (χ2v) is 3.87. The molecule has 0 spiro atoms. The monoisotopic (exact) mass is 233 g/mol. The summed E-state index contributed by atoms with van der Waals surface area (Å²) in [6.45, 7) is 0. The summed E-state index contributed by atoms with van der Waals surface area (Å²) in [6, 6.07) is 6.55. The number of rotatable bonds is 2. The Morgan fingerprint density at radius 3 is 2.59 bits per heavy atom. The molecule has 2 aromatic rings. The SMILES string of the molecule is CN(C)c1ccc2oc(=O)c(C(=O)O)cc2c1. The Hall–Kier alpha value is -2.30. The first-order valence-electron chi connectivity index (χ1n) is 4.97. The second kappa shape index (κ2) is 3.93. The fourth-order valence-corrected chi connectivity index (χ4v) is 1.54. The maximum absolute atomic E-state index is 11.3. The van der Waals surface area contributed by atoms with Gasteiger partial charge in [0.2, 0.25) is 0 Å². The molecule has 0 saturated carbocycles. The van der Waals surface area contributed by atoms with Crippen molar-refractivity contribution in [2.45, 2.75) is 0 Å². The zero-order valence-electron chi connectivity index (χ0n) is 9.43. The Morgan fingerprint density at radius 1 is 1.29 bits per heavy atom. The van der Waals surface area contributed by atoms with Crippen LogP contribution >= 0.6 is 0 Å². The van der Waals surface area contributed by atoms with Crippen LogP contribution in [0.2, 0.25) is 0 Å². The van der Waals surface area contributed by atoms with E-state index in [4.69, 9.17) is 9.52 Å². The number of hydrogen-bond donors (Lipinski definition) is 1. The summed E-state index contributed by atoms with van der Waals surface area (Å²) in [5.41, 5.74) is 0.101. The van der Waals surface area contributed by atoms with Crippen molar-refractivity contribution in [1.29, 1.82) is 0 Å². The largest absolute Gasteiger partial charge is 0.477 e. The minimum absolute atomic E-state index is 0.353. The van der Waals surface area contributed by atoms with Crippen molar-refractivity contribution in [3.8, 4) is 0 Å². The smallest absolute Gasteiger partial charge is 0.351 e. The van der Waals surface area contributed by atoms with Gasteiger partial charge in [0.1, 0.15) is 11.1 Å². The molecule has 1 aromatic carbocycles. The number of aromatic carboxylic acids is 1. The molecule has 2 rings (SSSR count). The predicted octanol–water partition coefficient (Wildman–Crippen LogP) is 1.56. The molecule has 0 aliphatic heterocycles. The van der Waals surface area contributed by atoms with E-state index in [0.717, 1.165) is 5.69 Å². The molecule has 0 radical (unpaired) electrons. The quantitative estimate of drug-likeness (QED) is 0.797. The standard InChI is InChI=1S/C12H11NO4/c1-13(2)8-3-4-10-7(5-8)6-9(11(14)15)12(16)17-10/h3-6H,1-2H3,(H,14,15). The van der Waals surface area contributed by atoms with Gasteiger partial charge in [-0.3, -0.25) is 0 Å². The Kier molecular flexibility index (Phi) is 2.59. The van der Waals surface area contributed by atoms with E-state index < -0.39 is 11.6 Å². The Balaban J connectivity index is 2.72. The molecule has 1 N–H and O–H groups in total. The van der Waals surface area contributed by atoms with Gasteiger partial charge >= 0.3 is 11.6 Å². The van der Waals surface area contributed by atoms with Crippen LogP contribution in [0.25, 0.3) is 11.0 Å². The van der Waals surface area contributed by atoms with Crippen molar-refractivity contribution in [1.82, 2.24) is 0 Å². The number of fused-ring (bicyclic) bond motifs is 1. The Labute approximate surface area is 96.9 Å². The van der Waals surface area contributed by atoms with Crippen LogP contribution in [0, 0.1) is 0 Å². The lowest BCUT2D eigenvalue weighted by molar-refractivity contribution is 0.0692. The van der Waals surface area contributed by atoms with E-state index in [1.165, 1.54) is 6.07 Å². The highest BCUT2D eigenvalue weighted by Gasteiger charge is 2.12. The normalized spacial score (nSPS) is 10.5.